The minimum absolute atomic E-state index is 0.0752. The Morgan fingerprint density at radius 2 is 2.23 bits per heavy atom. The lowest BCUT2D eigenvalue weighted by Crippen LogP contribution is -2.26. The lowest BCUT2D eigenvalue weighted by molar-refractivity contribution is 0.677. The third-order valence-electron chi connectivity index (χ3n) is 3.80. The van der Waals surface area contributed by atoms with Gasteiger partial charge >= 0.3 is 0 Å². The molecule has 5 N–H and O–H groups in total. The average molecular weight is 315 g/mol. The van der Waals surface area contributed by atoms with Crippen LogP contribution in [0, 0.1) is 6.92 Å². The van der Waals surface area contributed by atoms with E-state index in [0.29, 0.717) is 0 Å². The van der Waals surface area contributed by atoms with Crippen molar-refractivity contribution in [3.8, 4) is 0 Å². The molecule has 0 saturated carbocycles. The summed E-state index contributed by atoms with van der Waals surface area (Å²) in [6.07, 6.45) is 1.53. The number of H-pyrrole nitrogens is 1. The van der Waals surface area contributed by atoms with E-state index < -0.39 is 0 Å². The number of aromatic amines is 1. The molecule has 1 unspecified atom stereocenters. The summed E-state index contributed by atoms with van der Waals surface area (Å²) < 4.78 is 0. The van der Waals surface area contributed by atoms with Crippen LogP contribution < -0.4 is 17.0 Å². The van der Waals surface area contributed by atoms with Crippen molar-refractivity contribution in [1.29, 1.82) is 0 Å². The molecule has 114 valence electrons. The fraction of sp³-hybridized carbons (Fsp3) is 0.267. The zero-order valence-electron chi connectivity index (χ0n) is 12.2. The van der Waals surface area contributed by atoms with Gasteiger partial charge in [0.15, 0.2) is 0 Å². The van der Waals surface area contributed by atoms with Crippen molar-refractivity contribution in [2.45, 2.75) is 25.7 Å². The van der Waals surface area contributed by atoms with E-state index in [0.717, 1.165) is 35.4 Å². The SMILES string of the molecule is Cc1cc(=O)[nH]c2c1C(=NN=C(N)N)CC(c1ccsc1)C2. The van der Waals surface area contributed by atoms with Crippen molar-refractivity contribution in [1.82, 2.24) is 4.98 Å². The van der Waals surface area contributed by atoms with E-state index >= 15 is 0 Å². The second kappa shape index (κ2) is 5.76. The number of nitrogens with two attached hydrogens (primary N) is 2. The fourth-order valence-electron chi connectivity index (χ4n) is 2.91. The molecular formula is C15H17N5OS. The number of pyridine rings is 1. The van der Waals surface area contributed by atoms with Gasteiger partial charge in [-0.3, -0.25) is 4.79 Å². The molecule has 2 aromatic heterocycles. The molecule has 0 bridgehead atoms. The first-order chi connectivity index (χ1) is 10.5. The van der Waals surface area contributed by atoms with E-state index in [9.17, 15) is 4.79 Å². The van der Waals surface area contributed by atoms with Crippen LogP contribution in [-0.2, 0) is 6.42 Å². The normalized spacial score (nSPS) is 19.0. The van der Waals surface area contributed by atoms with Gasteiger partial charge in [-0.05, 0) is 53.6 Å². The van der Waals surface area contributed by atoms with Gasteiger partial charge in [0.2, 0.25) is 11.5 Å². The van der Waals surface area contributed by atoms with Crippen LogP contribution in [0.2, 0.25) is 0 Å². The van der Waals surface area contributed by atoms with Crippen molar-refractivity contribution < 1.29 is 0 Å². The Morgan fingerprint density at radius 1 is 1.41 bits per heavy atom. The van der Waals surface area contributed by atoms with Gasteiger partial charge in [-0.15, -0.1) is 5.10 Å². The second-order valence-corrected chi connectivity index (χ2v) is 6.18. The van der Waals surface area contributed by atoms with E-state index in [-0.39, 0.29) is 17.4 Å². The number of hydrogen-bond donors (Lipinski definition) is 3. The Hall–Kier alpha value is -2.41. The number of rotatable bonds is 2. The minimum atomic E-state index is -0.0941. The van der Waals surface area contributed by atoms with Gasteiger partial charge in [0.1, 0.15) is 0 Å². The number of fused-ring (bicyclic) bond motifs is 1. The summed E-state index contributed by atoms with van der Waals surface area (Å²) in [5, 5.41) is 12.2. The highest BCUT2D eigenvalue weighted by Crippen LogP contribution is 2.34. The summed E-state index contributed by atoms with van der Waals surface area (Å²) in [5.74, 6) is 0.193. The number of guanidine groups is 1. The van der Waals surface area contributed by atoms with E-state index in [1.54, 1.807) is 17.4 Å². The van der Waals surface area contributed by atoms with E-state index in [2.05, 4.69) is 32.0 Å². The number of aromatic nitrogens is 1. The molecule has 0 aliphatic heterocycles. The maximum absolute atomic E-state index is 11.8. The molecule has 0 amide bonds. The first kappa shape index (κ1) is 14.5. The Labute approximate surface area is 131 Å². The highest BCUT2D eigenvalue weighted by atomic mass is 32.1. The standard InChI is InChI=1S/C15H17N5OS/c1-8-4-13(21)18-11-5-10(9-2-3-22-7-9)6-12(14(8)11)19-20-15(16)17/h2-4,7,10H,5-6H2,1H3,(H,18,21)(H4,16,17,20). The maximum Gasteiger partial charge on any atom is 0.248 e. The highest BCUT2D eigenvalue weighted by Gasteiger charge is 2.27. The molecule has 0 fully saturated rings. The van der Waals surface area contributed by atoms with Gasteiger partial charge < -0.3 is 16.5 Å². The number of aryl methyl sites for hydroxylation is 1. The van der Waals surface area contributed by atoms with Crippen molar-refractivity contribution in [3.63, 3.8) is 0 Å². The molecule has 22 heavy (non-hydrogen) atoms. The summed E-state index contributed by atoms with van der Waals surface area (Å²) in [4.78, 5) is 14.7. The molecule has 0 aromatic carbocycles. The van der Waals surface area contributed by atoms with Crippen molar-refractivity contribution in [2.75, 3.05) is 0 Å². The minimum Gasteiger partial charge on any atom is -0.369 e. The zero-order valence-corrected chi connectivity index (χ0v) is 13.0. The summed E-state index contributed by atoms with van der Waals surface area (Å²) in [6.45, 7) is 1.91. The molecule has 1 aliphatic carbocycles. The van der Waals surface area contributed by atoms with E-state index in [4.69, 9.17) is 11.5 Å². The molecule has 0 saturated heterocycles. The molecule has 6 nitrogen and oxygen atoms in total. The van der Waals surface area contributed by atoms with Crippen molar-refractivity contribution in [2.24, 2.45) is 21.7 Å². The van der Waals surface area contributed by atoms with Crippen molar-refractivity contribution >= 4 is 23.0 Å². The summed E-state index contributed by atoms with van der Waals surface area (Å²) in [5.41, 5.74) is 15.5. The third kappa shape index (κ3) is 2.80. The van der Waals surface area contributed by atoms with Crippen LogP contribution in [0.5, 0.6) is 0 Å². The van der Waals surface area contributed by atoms with Crippen molar-refractivity contribution in [3.05, 3.63) is 55.6 Å². The lowest BCUT2D eigenvalue weighted by atomic mass is 9.81. The van der Waals surface area contributed by atoms with Crippen LogP contribution in [0.1, 0.15) is 34.7 Å². The average Bonchev–Trinajstić information content (AvgIpc) is 2.97. The maximum atomic E-state index is 11.8. The molecule has 2 heterocycles. The number of thiophene rings is 1. The first-order valence-corrected chi connectivity index (χ1v) is 7.89. The van der Waals surface area contributed by atoms with Crippen LogP contribution in [0.25, 0.3) is 0 Å². The number of hydrogen-bond acceptors (Lipinski definition) is 4. The molecule has 1 atom stereocenters. The van der Waals surface area contributed by atoms with Crippen LogP contribution in [-0.4, -0.2) is 16.7 Å². The summed E-state index contributed by atoms with van der Waals surface area (Å²) in [6, 6.07) is 3.68. The molecule has 0 radical (unpaired) electrons. The first-order valence-electron chi connectivity index (χ1n) is 6.95. The van der Waals surface area contributed by atoms with Crippen LogP contribution in [0.4, 0.5) is 0 Å². The largest absolute Gasteiger partial charge is 0.369 e. The monoisotopic (exact) mass is 315 g/mol. The molecule has 1 aliphatic rings. The fourth-order valence-corrected chi connectivity index (χ4v) is 3.66. The van der Waals surface area contributed by atoms with Gasteiger partial charge in [-0.2, -0.15) is 16.4 Å². The van der Waals surface area contributed by atoms with Gasteiger partial charge in [-0.25, -0.2) is 0 Å². The molecular weight excluding hydrogens is 298 g/mol. The van der Waals surface area contributed by atoms with Gasteiger partial charge in [0.05, 0.1) is 5.71 Å². The number of nitrogens with one attached hydrogen (secondary N) is 1. The Bertz CT molecular complexity index is 800. The van der Waals surface area contributed by atoms with E-state index in [1.807, 2.05) is 6.92 Å². The Balaban J connectivity index is 2.12. The lowest BCUT2D eigenvalue weighted by Gasteiger charge is -2.26. The predicted molar refractivity (Wildman–Crippen MR) is 89.5 cm³/mol. The van der Waals surface area contributed by atoms with Gasteiger partial charge in [0.25, 0.3) is 0 Å². The van der Waals surface area contributed by atoms with Crippen LogP contribution >= 0.6 is 11.3 Å². The number of nitrogens with zero attached hydrogens (tertiary/aromatic N) is 2. The topological polar surface area (TPSA) is 110 Å². The molecule has 2 aromatic rings. The molecule has 0 spiro atoms. The van der Waals surface area contributed by atoms with Crippen LogP contribution in [0.15, 0.2) is 37.9 Å². The quantitative estimate of drug-likeness (QED) is 0.443. The predicted octanol–water partition coefficient (Wildman–Crippen LogP) is 1.45. The summed E-state index contributed by atoms with van der Waals surface area (Å²) >= 11 is 1.66. The smallest absolute Gasteiger partial charge is 0.248 e. The highest BCUT2D eigenvalue weighted by molar-refractivity contribution is 7.08. The molecule has 7 heteroatoms. The third-order valence-corrected chi connectivity index (χ3v) is 4.50. The molecule has 3 rings (SSSR count). The summed E-state index contributed by atoms with van der Waals surface area (Å²) in [7, 11) is 0. The van der Waals surface area contributed by atoms with E-state index in [1.165, 1.54) is 5.56 Å². The Morgan fingerprint density at radius 3 is 2.91 bits per heavy atom. The Kier molecular flexibility index (Phi) is 3.81. The zero-order chi connectivity index (χ0) is 15.7. The second-order valence-electron chi connectivity index (χ2n) is 5.40. The van der Waals surface area contributed by atoms with Gasteiger partial charge in [-0.1, -0.05) is 0 Å². The van der Waals surface area contributed by atoms with Crippen LogP contribution in [0.3, 0.4) is 0 Å². The van der Waals surface area contributed by atoms with Gasteiger partial charge in [0, 0.05) is 17.3 Å².